The molecule has 0 saturated carbocycles. The van der Waals surface area contributed by atoms with Gasteiger partial charge in [0.2, 0.25) is 0 Å². The molecule has 0 atom stereocenters. The Hall–Kier alpha value is -3.19. The summed E-state index contributed by atoms with van der Waals surface area (Å²) < 4.78 is 37.4. The highest BCUT2D eigenvalue weighted by Crippen LogP contribution is 2.20. The molecule has 0 radical (unpaired) electrons. The van der Waals surface area contributed by atoms with Crippen molar-refractivity contribution < 1.29 is 22.7 Å². The summed E-state index contributed by atoms with van der Waals surface area (Å²) in [6.45, 7) is 3.11. The van der Waals surface area contributed by atoms with Crippen molar-refractivity contribution in [1.29, 1.82) is 0 Å². The molecule has 5 nitrogen and oxygen atoms in total. The molecule has 3 aromatic rings. The van der Waals surface area contributed by atoms with Crippen LogP contribution in [0.5, 0.6) is 5.75 Å². The van der Waals surface area contributed by atoms with Gasteiger partial charge in [0.15, 0.2) is 17.3 Å². The number of carbonyl (C=O) groups is 1. The number of benzene rings is 2. The molecule has 4 rings (SSSR count). The summed E-state index contributed by atoms with van der Waals surface area (Å²) in [5.74, 6) is -1.48. The van der Waals surface area contributed by atoms with Crippen LogP contribution in [0.2, 0.25) is 0 Å². The van der Waals surface area contributed by atoms with Crippen LogP contribution in [0.3, 0.4) is 0 Å². The van der Waals surface area contributed by atoms with Crippen LogP contribution in [-0.4, -0.2) is 23.9 Å². The van der Waals surface area contributed by atoms with E-state index in [4.69, 9.17) is 9.15 Å². The summed E-state index contributed by atoms with van der Waals surface area (Å²) >= 11 is 0. The summed E-state index contributed by atoms with van der Waals surface area (Å²) in [6.07, 6.45) is 3.82. The maximum atomic E-state index is 13.6. The Labute approximate surface area is 179 Å². The number of hydrogen-bond donors (Lipinski definition) is 1. The zero-order chi connectivity index (χ0) is 21.6. The molecule has 0 spiro atoms. The average molecular weight is 426 g/mol. The van der Waals surface area contributed by atoms with E-state index in [9.17, 15) is 13.6 Å². The second kappa shape index (κ2) is 9.75. The van der Waals surface area contributed by atoms with E-state index in [1.807, 2.05) is 24.3 Å². The van der Waals surface area contributed by atoms with Crippen molar-refractivity contribution in [2.24, 2.45) is 0 Å². The number of amides is 1. The number of anilines is 1. The van der Waals surface area contributed by atoms with E-state index in [-0.39, 0.29) is 24.0 Å². The number of furan rings is 1. The number of hydrogen-bond acceptors (Lipinski definition) is 4. The third-order valence-electron chi connectivity index (χ3n) is 5.22. The number of halogens is 2. The van der Waals surface area contributed by atoms with Gasteiger partial charge in [-0.1, -0.05) is 18.6 Å². The number of ether oxygens (including phenoxy) is 1. The highest BCUT2D eigenvalue weighted by atomic mass is 19.1. The molecule has 1 aliphatic heterocycles. The van der Waals surface area contributed by atoms with Gasteiger partial charge in [-0.3, -0.25) is 9.69 Å². The van der Waals surface area contributed by atoms with Gasteiger partial charge < -0.3 is 14.5 Å². The number of carbonyl (C=O) groups excluding carboxylic acids is 1. The van der Waals surface area contributed by atoms with Gasteiger partial charge in [-0.05, 0) is 67.9 Å². The Bertz CT molecular complexity index is 1030. The van der Waals surface area contributed by atoms with Crippen LogP contribution in [0.4, 0.5) is 14.5 Å². The molecule has 0 bridgehead atoms. The van der Waals surface area contributed by atoms with E-state index in [2.05, 4.69) is 10.2 Å². The topological polar surface area (TPSA) is 54.7 Å². The molecule has 1 fully saturated rings. The number of nitrogens with one attached hydrogen (secondary N) is 1. The summed E-state index contributed by atoms with van der Waals surface area (Å²) in [6, 6.07) is 14.0. The zero-order valence-electron chi connectivity index (χ0n) is 17.1. The zero-order valence-corrected chi connectivity index (χ0v) is 17.1. The molecule has 0 unspecified atom stereocenters. The van der Waals surface area contributed by atoms with Crippen molar-refractivity contribution in [2.45, 2.75) is 32.4 Å². The van der Waals surface area contributed by atoms with Crippen molar-refractivity contribution in [3.05, 3.63) is 83.3 Å². The lowest BCUT2D eigenvalue weighted by Crippen LogP contribution is -2.29. The minimum Gasteiger partial charge on any atom is -0.483 e. The van der Waals surface area contributed by atoms with E-state index < -0.39 is 11.6 Å². The van der Waals surface area contributed by atoms with Crippen molar-refractivity contribution in [2.75, 3.05) is 18.4 Å². The minimum absolute atomic E-state index is 0.0823. The van der Waals surface area contributed by atoms with Gasteiger partial charge in [0.25, 0.3) is 5.91 Å². The SMILES string of the molecule is O=C(Nc1ccc(CN2CCCCC2)cc1)c1ccc(COc2ccc(F)cc2F)o1. The lowest BCUT2D eigenvalue weighted by molar-refractivity contribution is 0.0992. The van der Waals surface area contributed by atoms with Gasteiger partial charge in [0, 0.05) is 18.3 Å². The fourth-order valence-electron chi connectivity index (χ4n) is 3.58. The first-order valence-corrected chi connectivity index (χ1v) is 10.4. The molecule has 2 aromatic carbocycles. The van der Waals surface area contributed by atoms with Crippen molar-refractivity contribution in [3.8, 4) is 5.75 Å². The summed E-state index contributed by atoms with van der Waals surface area (Å²) in [5.41, 5.74) is 1.89. The van der Waals surface area contributed by atoms with Crippen LogP contribution >= 0.6 is 0 Å². The number of nitrogens with zero attached hydrogens (tertiary/aromatic N) is 1. The summed E-state index contributed by atoms with van der Waals surface area (Å²) in [4.78, 5) is 14.9. The van der Waals surface area contributed by atoms with Crippen LogP contribution in [0.15, 0.2) is 59.0 Å². The Kier molecular flexibility index (Phi) is 6.62. The molecule has 1 saturated heterocycles. The van der Waals surface area contributed by atoms with Crippen LogP contribution < -0.4 is 10.1 Å². The lowest BCUT2D eigenvalue weighted by atomic mass is 10.1. The molecular formula is C24H24F2N2O3. The predicted octanol–water partition coefficient (Wildman–Crippen LogP) is 5.38. The van der Waals surface area contributed by atoms with E-state index in [0.717, 1.165) is 31.8 Å². The van der Waals surface area contributed by atoms with Crippen molar-refractivity contribution >= 4 is 11.6 Å². The Morgan fingerprint density at radius 1 is 1.00 bits per heavy atom. The highest BCUT2D eigenvalue weighted by molar-refractivity contribution is 6.02. The lowest BCUT2D eigenvalue weighted by Gasteiger charge is -2.26. The maximum absolute atomic E-state index is 13.6. The fraction of sp³-hybridized carbons (Fsp3) is 0.292. The molecule has 7 heteroatoms. The standard InChI is InChI=1S/C24H24F2N2O3/c25-18-6-10-22(21(26)14-18)30-16-20-9-11-23(31-20)24(29)27-19-7-4-17(5-8-19)15-28-12-2-1-3-13-28/h4-11,14H,1-3,12-13,15-16H2,(H,27,29). The molecule has 162 valence electrons. The van der Waals surface area contributed by atoms with Gasteiger partial charge >= 0.3 is 0 Å². The van der Waals surface area contributed by atoms with Crippen LogP contribution in [0.1, 0.15) is 41.1 Å². The molecule has 1 N–H and O–H groups in total. The summed E-state index contributed by atoms with van der Waals surface area (Å²) in [5, 5.41) is 2.80. The Morgan fingerprint density at radius 3 is 2.52 bits per heavy atom. The molecule has 1 aromatic heterocycles. The molecule has 1 aliphatic rings. The number of piperidine rings is 1. The van der Waals surface area contributed by atoms with Gasteiger partial charge in [0.05, 0.1) is 0 Å². The third kappa shape index (κ3) is 5.70. The van der Waals surface area contributed by atoms with Crippen molar-refractivity contribution in [1.82, 2.24) is 4.90 Å². The predicted molar refractivity (Wildman–Crippen MR) is 113 cm³/mol. The van der Waals surface area contributed by atoms with Crippen LogP contribution in [0.25, 0.3) is 0 Å². The summed E-state index contributed by atoms with van der Waals surface area (Å²) in [7, 11) is 0. The normalized spacial score (nSPS) is 14.4. The largest absolute Gasteiger partial charge is 0.483 e. The number of likely N-dealkylation sites (tertiary alicyclic amines) is 1. The first kappa shape index (κ1) is 21.1. The Balaban J connectivity index is 1.30. The van der Waals surface area contributed by atoms with Crippen LogP contribution in [-0.2, 0) is 13.2 Å². The second-order valence-electron chi connectivity index (χ2n) is 7.62. The quantitative estimate of drug-likeness (QED) is 0.552. The average Bonchev–Trinajstić information content (AvgIpc) is 3.25. The monoisotopic (exact) mass is 426 g/mol. The molecule has 0 aliphatic carbocycles. The van der Waals surface area contributed by atoms with Gasteiger partial charge in [-0.2, -0.15) is 0 Å². The molecule has 31 heavy (non-hydrogen) atoms. The van der Waals surface area contributed by atoms with Gasteiger partial charge in [-0.15, -0.1) is 0 Å². The first-order chi connectivity index (χ1) is 15.1. The minimum atomic E-state index is -0.798. The van der Waals surface area contributed by atoms with Crippen LogP contribution in [0, 0.1) is 11.6 Å². The van der Waals surface area contributed by atoms with E-state index in [1.54, 1.807) is 6.07 Å². The second-order valence-corrected chi connectivity index (χ2v) is 7.62. The maximum Gasteiger partial charge on any atom is 0.291 e. The van der Waals surface area contributed by atoms with E-state index in [0.29, 0.717) is 11.4 Å². The highest BCUT2D eigenvalue weighted by Gasteiger charge is 2.14. The van der Waals surface area contributed by atoms with Crippen molar-refractivity contribution in [3.63, 3.8) is 0 Å². The molecular weight excluding hydrogens is 402 g/mol. The Morgan fingerprint density at radius 2 is 1.77 bits per heavy atom. The smallest absolute Gasteiger partial charge is 0.291 e. The molecule has 2 heterocycles. The first-order valence-electron chi connectivity index (χ1n) is 10.4. The van der Waals surface area contributed by atoms with E-state index in [1.165, 1.54) is 37.0 Å². The third-order valence-corrected chi connectivity index (χ3v) is 5.22. The molecule has 1 amide bonds. The fourth-order valence-corrected chi connectivity index (χ4v) is 3.58. The van der Waals surface area contributed by atoms with E-state index >= 15 is 0 Å². The van der Waals surface area contributed by atoms with Gasteiger partial charge in [-0.25, -0.2) is 8.78 Å². The van der Waals surface area contributed by atoms with Gasteiger partial charge in [0.1, 0.15) is 18.2 Å². The number of rotatable bonds is 7.